The molecule has 0 radical (unpaired) electrons. The van der Waals surface area contributed by atoms with Crippen molar-refractivity contribution in [2.24, 2.45) is 0 Å². The van der Waals surface area contributed by atoms with E-state index in [-0.39, 0.29) is 0 Å². The maximum Gasteiger partial charge on any atom is 0.137 e. The molecule has 13 aromatic rings. The number of nitrogens with one attached hydrogen (secondary N) is 1. The molecule has 0 saturated heterocycles. The molecule has 0 aliphatic carbocycles. The molecule has 60 heavy (non-hydrogen) atoms. The summed E-state index contributed by atoms with van der Waals surface area (Å²) in [4.78, 5) is 6.01. The van der Waals surface area contributed by atoms with Crippen molar-refractivity contribution in [1.82, 2.24) is 9.38 Å². The molecule has 0 bridgehead atoms. The standard InChI is InChI=1S/C56H35N3O/c1-2-13-36(14-3-1)53-54-47-19-6-4-15-41(47)42-16-5-7-20-48(42)56(54)58-32-12-21-40(55(53)58)35-24-26-37(27-25-35)59(38-28-30-44-43-17-8-10-22-49(43)57-50(44)33-38)39-29-31-46-45-18-9-11-23-51(45)60-52(46)34-39/h1-34,57H. The first-order chi connectivity index (χ1) is 29.8. The third-order valence-electron chi connectivity index (χ3n) is 12.5. The van der Waals surface area contributed by atoms with E-state index < -0.39 is 0 Å². The SMILES string of the molecule is c1ccc(-c2c3c4ccccc4c4ccccc4c3n3cccc(-c4ccc(N(c5ccc6c(c5)[nH]c5ccccc56)c5ccc6c(c5)oc5ccccc56)cc4)c23)cc1. The van der Waals surface area contributed by atoms with Crippen LogP contribution in [0.15, 0.2) is 211 Å². The Morgan fingerprint density at radius 3 is 1.80 bits per heavy atom. The summed E-state index contributed by atoms with van der Waals surface area (Å²) < 4.78 is 8.86. The van der Waals surface area contributed by atoms with Gasteiger partial charge in [0.2, 0.25) is 0 Å². The smallest absolute Gasteiger partial charge is 0.137 e. The number of rotatable bonds is 5. The summed E-state index contributed by atoms with van der Waals surface area (Å²) >= 11 is 0. The zero-order valence-electron chi connectivity index (χ0n) is 32.4. The Hall–Kier alpha value is -8.08. The van der Waals surface area contributed by atoms with Gasteiger partial charge in [-0.1, -0.05) is 140 Å². The van der Waals surface area contributed by atoms with Crippen LogP contribution in [0.5, 0.6) is 0 Å². The fourth-order valence-corrected chi connectivity index (χ4v) is 9.89. The quantitative estimate of drug-likeness (QED) is 0.177. The monoisotopic (exact) mass is 765 g/mol. The fourth-order valence-electron chi connectivity index (χ4n) is 9.89. The van der Waals surface area contributed by atoms with Crippen molar-refractivity contribution < 1.29 is 4.42 Å². The maximum atomic E-state index is 6.43. The highest BCUT2D eigenvalue weighted by Gasteiger charge is 2.23. The molecule has 13 rings (SSSR count). The van der Waals surface area contributed by atoms with E-state index in [1.807, 2.05) is 12.1 Å². The molecule has 0 atom stereocenters. The molecule has 0 spiro atoms. The largest absolute Gasteiger partial charge is 0.456 e. The Morgan fingerprint density at radius 1 is 0.383 bits per heavy atom. The van der Waals surface area contributed by atoms with Crippen LogP contribution in [0.25, 0.3) is 104 Å². The molecule has 4 aromatic heterocycles. The normalized spacial score (nSPS) is 12.0. The zero-order chi connectivity index (χ0) is 39.3. The van der Waals surface area contributed by atoms with Crippen LogP contribution in [-0.4, -0.2) is 9.38 Å². The van der Waals surface area contributed by atoms with Crippen molar-refractivity contribution in [3.05, 3.63) is 206 Å². The van der Waals surface area contributed by atoms with E-state index in [1.165, 1.54) is 65.4 Å². The molecule has 280 valence electrons. The first kappa shape index (κ1) is 32.9. The number of furan rings is 1. The average Bonchev–Trinajstić information content (AvgIpc) is 3.99. The van der Waals surface area contributed by atoms with Gasteiger partial charge in [-0.2, -0.15) is 0 Å². The number of pyridine rings is 1. The van der Waals surface area contributed by atoms with Crippen molar-refractivity contribution in [1.29, 1.82) is 0 Å². The number of fused-ring (bicyclic) bond motifs is 14. The topological polar surface area (TPSA) is 36.6 Å². The van der Waals surface area contributed by atoms with E-state index in [0.717, 1.165) is 55.6 Å². The Labute approximate surface area is 344 Å². The predicted octanol–water partition coefficient (Wildman–Crippen LogP) is 15.7. The van der Waals surface area contributed by atoms with Crippen LogP contribution >= 0.6 is 0 Å². The summed E-state index contributed by atoms with van der Waals surface area (Å²) in [7, 11) is 0. The van der Waals surface area contributed by atoms with Crippen LogP contribution < -0.4 is 4.90 Å². The molecular weight excluding hydrogens is 731 g/mol. The van der Waals surface area contributed by atoms with E-state index in [2.05, 4.69) is 209 Å². The molecule has 4 nitrogen and oxygen atoms in total. The van der Waals surface area contributed by atoms with Gasteiger partial charge in [-0.25, -0.2) is 0 Å². The molecule has 0 saturated carbocycles. The Kier molecular flexibility index (Phi) is 6.98. The Bertz CT molecular complexity index is 3720. The molecule has 1 N–H and O–H groups in total. The van der Waals surface area contributed by atoms with Crippen molar-refractivity contribution in [3.63, 3.8) is 0 Å². The molecule has 0 aliphatic heterocycles. The lowest BCUT2D eigenvalue weighted by Gasteiger charge is -2.26. The Balaban J connectivity index is 1.03. The number of H-pyrrole nitrogens is 1. The number of aromatic amines is 1. The number of hydrogen-bond donors (Lipinski definition) is 1. The first-order valence-electron chi connectivity index (χ1n) is 20.5. The third-order valence-corrected chi connectivity index (χ3v) is 12.5. The summed E-state index contributed by atoms with van der Waals surface area (Å²) in [5.41, 5.74) is 14.3. The third kappa shape index (κ3) is 4.79. The van der Waals surface area contributed by atoms with Crippen LogP contribution in [-0.2, 0) is 0 Å². The molecule has 0 unspecified atom stereocenters. The molecular formula is C56H35N3O. The van der Waals surface area contributed by atoms with Crippen LogP contribution in [0.4, 0.5) is 17.1 Å². The van der Waals surface area contributed by atoms with Crippen molar-refractivity contribution in [2.75, 3.05) is 4.90 Å². The van der Waals surface area contributed by atoms with Gasteiger partial charge in [-0.3, -0.25) is 0 Å². The van der Waals surface area contributed by atoms with E-state index in [4.69, 9.17) is 4.42 Å². The molecule has 4 heteroatoms. The number of para-hydroxylation sites is 2. The predicted molar refractivity (Wildman–Crippen MR) is 252 cm³/mol. The minimum absolute atomic E-state index is 0.863. The molecule has 9 aromatic carbocycles. The van der Waals surface area contributed by atoms with Crippen molar-refractivity contribution in [3.8, 4) is 22.3 Å². The minimum atomic E-state index is 0.863. The zero-order valence-corrected chi connectivity index (χ0v) is 32.4. The van der Waals surface area contributed by atoms with Gasteiger partial charge in [0.1, 0.15) is 11.2 Å². The lowest BCUT2D eigenvalue weighted by molar-refractivity contribution is 0.669. The second-order valence-electron chi connectivity index (χ2n) is 15.8. The van der Waals surface area contributed by atoms with Crippen LogP contribution in [0.1, 0.15) is 0 Å². The van der Waals surface area contributed by atoms with E-state index in [0.29, 0.717) is 0 Å². The van der Waals surface area contributed by atoms with Gasteiger partial charge in [0.05, 0.1) is 11.0 Å². The summed E-state index contributed by atoms with van der Waals surface area (Å²) in [6.45, 7) is 0. The van der Waals surface area contributed by atoms with Crippen LogP contribution in [0.2, 0.25) is 0 Å². The van der Waals surface area contributed by atoms with E-state index in [1.54, 1.807) is 0 Å². The lowest BCUT2D eigenvalue weighted by Crippen LogP contribution is -2.09. The highest BCUT2D eigenvalue weighted by molar-refractivity contribution is 6.31. The highest BCUT2D eigenvalue weighted by Crippen LogP contribution is 2.47. The summed E-state index contributed by atoms with van der Waals surface area (Å²) in [6.07, 6.45) is 2.24. The first-order valence-corrected chi connectivity index (χ1v) is 20.5. The molecule has 0 fully saturated rings. The van der Waals surface area contributed by atoms with Gasteiger partial charge >= 0.3 is 0 Å². The van der Waals surface area contributed by atoms with Gasteiger partial charge in [-0.05, 0) is 81.9 Å². The van der Waals surface area contributed by atoms with Crippen molar-refractivity contribution in [2.45, 2.75) is 0 Å². The number of hydrogen-bond acceptors (Lipinski definition) is 2. The van der Waals surface area contributed by atoms with Crippen molar-refractivity contribution >= 4 is 98.8 Å². The van der Waals surface area contributed by atoms with E-state index >= 15 is 0 Å². The summed E-state index contributed by atoms with van der Waals surface area (Å²) in [5, 5.41) is 11.0. The van der Waals surface area contributed by atoms with Gasteiger partial charge in [0.25, 0.3) is 0 Å². The van der Waals surface area contributed by atoms with Crippen LogP contribution in [0, 0.1) is 0 Å². The van der Waals surface area contributed by atoms with Gasteiger partial charge < -0.3 is 18.7 Å². The lowest BCUT2D eigenvalue weighted by atomic mass is 9.93. The number of benzene rings is 9. The maximum absolute atomic E-state index is 6.43. The average molecular weight is 766 g/mol. The highest BCUT2D eigenvalue weighted by atomic mass is 16.3. The second-order valence-corrected chi connectivity index (χ2v) is 15.8. The van der Waals surface area contributed by atoms with Gasteiger partial charge in [0, 0.05) is 83.8 Å². The second kappa shape index (κ2) is 12.7. The van der Waals surface area contributed by atoms with Crippen LogP contribution in [0.3, 0.4) is 0 Å². The fraction of sp³-hybridized carbons (Fsp3) is 0. The number of nitrogens with zero attached hydrogens (tertiary/aromatic N) is 2. The Morgan fingerprint density at radius 2 is 0.983 bits per heavy atom. The van der Waals surface area contributed by atoms with E-state index in [9.17, 15) is 0 Å². The number of anilines is 3. The van der Waals surface area contributed by atoms with Gasteiger partial charge in [-0.15, -0.1) is 0 Å². The van der Waals surface area contributed by atoms with Gasteiger partial charge in [0.15, 0.2) is 0 Å². The molecule has 0 aliphatic rings. The molecule has 0 amide bonds. The minimum Gasteiger partial charge on any atom is -0.456 e. The number of aromatic nitrogens is 2. The molecule has 4 heterocycles. The summed E-state index contributed by atoms with van der Waals surface area (Å²) in [6, 6.07) is 72.2. The summed E-state index contributed by atoms with van der Waals surface area (Å²) in [5.74, 6) is 0.